The summed E-state index contributed by atoms with van der Waals surface area (Å²) in [5, 5.41) is 46.4. The number of carbonyl (C=O) groups is 13. The third kappa shape index (κ3) is 21.8. The lowest BCUT2D eigenvalue weighted by Crippen LogP contribution is -2.61. The van der Waals surface area contributed by atoms with E-state index < -0.39 is 180 Å². The van der Waals surface area contributed by atoms with Crippen molar-refractivity contribution in [1.29, 1.82) is 0 Å². The molecule has 28 heteroatoms. The second kappa shape index (κ2) is 43.6. The van der Waals surface area contributed by atoms with Crippen molar-refractivity contribution in [3.63, 3.8) is 0 Å². The zero-order valence-corrected chi connectivity index (χ0v) is 73.2. The third-order valence-corrected chi connectivity index (χ3v) is 25.0. The van der Waals surface area contributed by atoms with Gasteiger partial charge in [-0.05, 0) is 118 Å². The summed E-state index contributed by atoms with van der Waals surface area (Å²) in [7, 11) is 0. The minimum atomic E-state index is -2.03. The van der Waals surface area contributed by atoms with E-state index in [1.165, 1.54) is 14.7 Å². The molecular formula is C102H112N12O16. The van der Waals surface area contributed by atoms with Gasteiger partial charge in [0.2, 0.25) is 65.0 Å². The van der Waals surface area contributed by atoms with Crippen molar-refractivity contribution in [3.8, 4) is 11.1 Å². The van der Waals surface area contributed by atoms with Crippen LogP contribution in [0.4, 0.5) is 4.79 Å². The number of aliphatic hydroxyl groups excluding tert-OH is 1. The number of likely N-dealkylation sites (tertiary alicyclic amines) is 3. The van der Waals surface area contributed by atoms with Crippen LogP contribution >= 0.6 is 0 Å². The van der Waals surface area contributed by atoms with Crippen molar-refractivity contribution in [3.05, 3.63) is 311 Å². The van der Waals surface area contributed by atoms with Gasteiger partial charge < -0.3 is 77.5 Å². The smallest absolute Gasteiger partial charge is 0.407 e. The Morgan fingerprint density at radius 2 is 0.815 bits per heavy atom. The molecule has 4 aliphatic rings. The van der Waals surface area contributed by atoms with Crippen LogP contribution in [0, 0.1) is 11.8 Å². The third-order valence-electron chi connectivity index (χ3n) is 25.0. The van der Waals surface area contributed by atoms with E-state index in [9.17, 15) is 43.8 Å². The molecule has 12 amide bonds. The standard InChI is InChI=1S/C102H112N12O16/c1-5-66(4)90(96(124)107-82(58-65(2)3)97(125)113-56-32-53-85(113)98(126)114-57-33-54-86(114)99(127)128)109-95(123)84-52-31-55-112(84)89(118)62-103-91(119)79(59-67-34-13-6-14-35-67)104-92(120)80(60-87(116)110-101(68-36-15-7-16-37-68,69-38-17-8-18-39-69)70-40-19-9-20-41-70)105-93(121)81(61-88(117)111-102(71-42-21-10-22-43-71,72-44-23-11-24-45-72)73-46-25-12-26-47-73)106-94(122)83(63-115)108-100(129)130-64-78-76-50-29-27-48-74(76)75-49-28-30-51-77(75)78/h6-30,34-51,65-66,78-86,90,115H,5,31-33,52-64H2,1-4H3,(H,103,119)(H,104,120)(H,105,121)(H,106,122)(H,107,124)(H,108,129)(H,109,123)(H,110,116)(H,111,117)(H,127,128)/t66-,79-,80-,81-,82-,83-,84-,85-,86-,90-/m0/s1. The molecule has 3 aliphatic heterocycles. The summed E-state index contributed by atoms with van der Waals surface area (Å²) in [6.45, 7) is 5.84. The maximum Gasteiger partial charge on any atom is 0.407 e. The lowest BCUT2D eigenvalue weighted by molar-refractivity contribution is -0.152. The summed E-state index contributed by atoms with van der Waals surface area (Å²) in [6.07, 6.45) is -0.578. The number of carboxylic acids is 1. The summed E-state index contributed by atoms with van der Waals surface area (Å²) >= 11 is 0. The van der Waals surface area contributed by atoms with E-state index in [-0.39, 0.29) is 57.8 Å². The lowest BCUT2D eigenvalue weighted by atomic mass is 9.77. The molecule has 3 saturated heterocycles. The molecule has 0 aromatic heterocycles. The fraction of sp³-hybridized carbons (Fsp3) is 0.343. The molecule has 0 unspecified atom stereocenters. The number of benzene rings is 9. The summed E-state index contributed by atoms with van der Waals surface area (Å²) in [6, 6.07) is 65.1. The second-order valence-corrected chi connectivity index (χ2v) is 34.0. The topological polar surface area (TPSA) is 390 Å². The molecule has 9 aromatic rings. The Balaban J connectivity index is 0.789. The molecule has 28 nitrogen and oxygen atoms in total. The van der Waals surface area contributed by atoms with Gasteiger partial charge in [-0.3, -0.25) is 52.7 Å². The monoisotopic (exact) mass is 1760 g/mol. The van der Waals surface area contributed by atoms with Crippen molar-refractivity contribution in [1.82, 2.24) is 62.6 Å². The average molecular weight is 1760 g/mol. The molecule has 0 bridgehead atoms. The summed E-state index contributed by atoms with van der Waals surface area (Å²) in [4.78, 5) is 197. The highest BCUT2D eigenvalue weighted by Crippen LogP contribution is 2.45. The van der Waals surface area contributed by atoms with Gasteiger partial charge in [0.05, 0.1) is 26.0 Å². The second-order valence-electron chi connectivity index (χ2n) is 34.0. The first kappa shape index (κ1) is 93.5. The number of hydrogen-bond donors (Lipinski definition) is 11. The highest BCUT2D eigenvalue weighted by molar-refractivity contribution is 6.01. The molecule has 11 N–H and O–H groups in total. The van der Waals surface area contributed by atoms with E-state index in [2.05, 4.69) is 47.9 Å². The molecule has 676 valence electrons. The van der Waals surface area contributed by atoms with Gasteiger partial charge in [-0.15, -0.1) is 0 Å². The van der Waals surface area contributed by atoms with Gasteiger partial charge in [-0.1, -0.05) is 295 Å². The predicted octanol–water partition coefficient (Wildman–Crippen LogP) is 8.82. The molecule has 0 radical (unpaired) electrons. The Morgan fingerprint density at radius 3 is 1.25 bits per heavy atom. The van der Waals surface area contributed by atoms with Gasteiger partial charge in [0.15, 0.2) is 0 Å². The minimum absolute atomic E-state index is 0.0544. The Hall–Kier alpha value is -14.2. The number of aliphatic carboxylic acids is 1. The van der Waals surface area contributed by atoms with Crippen LogP contribution in [-0.4, -0.2) is 196 Å². The number of nitrogens with one attached hydrogen (secondary N) is 9. The van der Waals surface area contributed by atoms with Crippen LogP contribution in [0.2, 0.25) is 0 Å². The quantitative estimate of drug-likeness (QED) is 0.0161. The maximum absolute atomic E-state index is 16.1. The van der Waals surface area contributed by atoms with Crippen LogP contribution in [0.15, 0.2) is 261 Å². The Kier molecular flexibility index (Phi) is 31.3. The fourth-order valence-electron chi connectivity index (χ4n) is 18.3. The van der Waals surface area contributed by atoms with E-state index in [1.807, 2.05) is 178 Å². The van der Waals surface area contributed by atoms with Gasteiger partial charge in [0.25, 0.3) is 0 Å². The summed E-state index contributed by atoms with van der Waals surface area (Å²) in [5.41, 5.74) is 4.68. The number of carboxylic acid groups (broad SMARTS) is 1. The van der Waals surface area contributed by atoms with Crippen LogP contribution < -0.4 is 47.9 Å². The maximum atomic E-state index is 16.1. The Morgan fingerprint density at radius 1 is 0.423 bits per heavy atom. The largest absolute Gasteiger partial charge is 0.480 e. The van der Waals surface area contributed by atoms with Crippen LogP contribution in [0.1, 0.15) is 148 Å². The van der Waals surface area contributed by atoms with Crippen molar-refractivity contribution >= 4 is 77.0 Å². The molecule has 9 aromatic carbocycles. The molecular weight excluding hydrogens is 1650 g/mol. The van der Waals surface area contributed by atoms with Crippen LogP contribution in [-0.2, 0) is 79.8 Å². The number of carbonyl (C=O) groups excluding carboxylic acids is 12. The van der Waals surface area contributed by atoms with Gasteiger partial charge in [-0.2, -0.15) is 0 Å². The molecule has 3 heterocycles. The minimum Gasteiger partial charge on any atom is -0.480 e. The van der Waals surface area contributed by atoms with Gasteiger partial charge in [-0.25, -0.2) is 9.59 Å². The van der Waals surface area contributed by atoms with E-state index in [1.54, 1.807) is 110 Å². The van der Waals surface area contributed by atoms with Crippen molar-refractivity contribution in [2.24, 2.45) is 11.8 Å². The molecule has 0 saturated carbocycles. The van der Waals surface area contributed by atoms with Crippen LogP contribution in [0.25, 0.3) is 11.1 Å². The zero-order chi connectivity index (χ0) is 92.0. The lowest BCUT2D eigenvalue weighted by Gasteiger charge is -2.37. The van der Waals surface area contributed by atoms with Gasteiger partial charge in [0.1, 0.15) is 72.1 Å². The molecule has 130 heavy (non-hydrogen) atoms. The average Bonchev–Trinajstić information content (AvgIpc) is 1.75. The van der Waals surface area contributed by atoms with Gasteiger partial charge in [0, 0.05) is 32.0 Å². The number of fused-ring (bicyclic) bond motifs is 3. The van der Waals surface area contributed by atoms with Crippen molar-refractivity contribution in [2.45, 2.75) is 170 Å². The van der Waals surface area contributed by atoms with Crippen molar-refractivity contribution in [2.75, 3.05) is 39.4 Å². The first-order valence-corrected chi connectivity index (χ1v) is 44.5. The number of alkyl carbamates (subject to hydrolysis) is 1. The van der Waals surface area contributed by atoms with Gasteiger partial charge >= 0.3 is 12.1 Å². The normalized spacial score (nSPS) is 16.9. The zero-order valence-electron chi connectivity index (χ0n) is 73.2. The van der Waals surface area contributed by atoms with E-state index in [0.29, 0.717) is 71.0 Å². The number of ether oxygens (including phenoxy) is 1. The summed E-state index contributed by atoms with van der Waals surface area (Å²) < 4.78 is 5.82. The Bertz CT molecular complexity index is 5250. The number of amides is 12. The Labute approximate surface area is 755 Å². The fourth-order valence-corrected chi connectivity index (χ4v) is 18.3. The van der Waals surface area contributed by atoms with Crippen molar-refractivity contribution < 1.29 is 77.3 Å². The molecule has 1 aliphatic carbocycles. The number of rotatable bonds is 38. The highest BCUT2D eigenvalue weighted by Gasteiger charge is 2.48. The number of hydrogen-bond acceptors (Lipinski definition) is 15. The number of aliphatic hydroxyl groups is 1. The molecule has 0 spiro atoms. The van der Waals surface area contributed by atoms with E-state index in [0.717, 1.165) is 22.3 Å². The van der Waals surface area contributed by atoms with Crippen LogP contribution in [0.3, 0.4) is 0 Å². The SMILES string of the molecule is CC[C@H](C)[C@H](NC(=O)[C@@H]1CCCN1C(=O)CNC(=O)[C@H](Cc1ccccc1)NC(=O)[C@H](CC(=O)NC(c1ccccc1)(c1ccccc1)c1ccccc1)NC(=O)[C@H](CC(=O)NC(c1ccccc1)(c1ccccc1)c1ccccc1)NC(=O)[C@H](CO)NC(=O)OCC1c2ccccc2-c2ccccc21)C(=O)N[C@@H](CC(C)C)C(=O)N1CCC[C@H]1C(=O)N1CCC[C@H]1C(=O)O. The molecule has 13 rings (SSSR count). The van der Waals surface area contributed by atoms with E-state index >= 15 is 28.8 Å². The number of nitrogens with zero attached hydrogens (tertiary/aromatic N) is 3. The first-order chi connectivity index (χ1) is 62.9. The molecule has 3 fully saturated rings. The molecule has 10 atom stereocenters. The van der Waals surface area contributed by atoms with Crippen LogP contribution in [0.5, 0.6) is 0 Å². The van der Waals surface area contributed by atoms with E-state index in [4.69, 9.17) is 4.74 Å². The first-order valence-electron chi connectivity index (χ1n) is 44.5. The summed E-state index contributed by atoms with van der Waals surface area (Å²) in [5.74, 6) is -11.4. The highest BCUT2D eigenvalue weighted by atomic mass is 16.5. The predicted molar refractivity (Wildman–Crippen MR) is 487 cm³/mol.